The highest BCUT2D eigenvalue weighted by Gasteiger charge is 2.52. The van der Waals surface area contributed by atoms with Crippen molar-refractivity contribution < 1.29 is 23.1 Å². The zero-order valence-electron chi connectivity index (χ0n) is 17.6. The number of halogens is 3. The summed E-state index contributed by atoms with van der Waals surface area (Å²) in [6, 6.07) is 5.74. The lowest BCUT2D eigenvalue weighted by molar-refractivity contribution is -0.134. The average molecular weight is 429 g/mol. The minimum atomic E-state index is -4.25. The molecule has 0 saturated carbocycles. The van der Waals surface area contributed by atoms with E-state index in [1.54, 1.807) is 12.1 Å². The van der Waals surface area contributed by atoms with Gasteiger partial charge in [-0.15, -0.1) is 0 Å². The average Bonchev–Trinajstić information content (AvgIpc) is 3.01. The van der Waals surface area contributed by atoms with Gasteiger partial charge >= 0.3 is 6.18 Å². The molecule has 0 spiro atoms. The van der Waals surface area contributed by atoms with Crippen LogP contribution in [0.2, 0.25) is 0 Å². The van der Waals surface area contributed by atoms with Gasteiger partial charge in [0.1, 0.15) is 6.29 Å². The normalized spacial score (nSPS) is 28.7. The van der Waals surface area contributed by atoms with Gasteiger partial charge in [0.25, 0.3) is 0 Å². The van der Waals surface area contributed by atoms with Crippen LogP contribution in [0, 0.1) is 11.8 Å². The van der Waals surface area contributed by atoms with Crippen molar-refractivity contribution in [3.63, 3.8) is 0 Å². The molecule has 168 valence electrons. The molecule has 0 bridgehead atoms. The Balaban J connectivity index is 1.90. The number of aliphatic hydroxyl groups is 1. The molecule has 1 aromatic rings. The van der Waals surface area contributed by atoms with Crippen molar-refractivity contribution in [1.29, 1.82) is 0 Å². The largest absolute Gasteiger partial charge is 0.395 e. The summed E-state index contributed by atoms with van der Waals surface area (Å²) >= 11 is 0. The number of benzene rings is 1. The molecule has 2 saturated heterocycles. The van der Waals surface area contributed by atoms with Crippen LogP contribution in [-0.4, -0.2) is 66.3 Å². The van der Waals surface area contributed by atoms with Crippen molar-refractivity contribution in [3.8, 4) is 0 Å². The number of nitrogens with zero attached hydrogens (tertiary/aromatic N) is 2. The van der Waals surface area contributed by atoms with Gasteiger partial charge < -0.3 is 10.4 Å². The summed E-state index contributed by atoms with van der Waals surface area (Å²) in [4.78, 5) is 14.6. The summed E-state index contributed by atoms with van der Waals surface area (Å²) in [5.41, 5.74) is 4.31. The zero-order chi connectivity index (χ0) is 22.2. The van der Waals surface area contributed by atoms with Gasteiger partial charge in [0.15, 0.2) is 0 Å². The maximum atomic E-state index is 12.7. The molecule has 7 nitrogen and oxygen atoms in total. The van der Waals surface area contributed by atoms with Gasteiger partial charge in [-0.2, -0.15) is 13.2 Å². The monoisotopic (exact) mass is 429 g/mol. The fourth-order valence-corrected chi connectivity index (χ4v) is 4.31. The Kier molecular flexibility index (Phi) is 6.73. The standard InChI is InChI=1S/C20H30F3N5O2/c1-11(2)16(13-7-5-12(6-8-13)9-20(21,22)23)28-17-15(14(10-29)26-28)18(30)25-19(24-17)27(3)4/h5-8,11,14-17,19,24,26,29H,9-10H2,1-4H3,(H,25,30). The van der Waals surface area contributed by atoms with Gasteiger partial charge in [-0.05, 0) is 31.1 Å². The highest BCUT2D eigenvalue weighted by Crippen LogP contribution is 2.36. The summed E-state index contributed by atoms with van der Waals surface area (Å²) in [5, 5.41) is 18.1. The quantitative estimate of drug-likeness (QED) is 0.544. The van der Waals surface area contributed by atoms with Gasteiger partial charge in [-0.3, -0.25) is 15.0 Å². The van der Waals surface area contributed by atoms with Gasteiger partial charge in [0.05, 0.1) is 37.2 Å². The molecule has 5 unspecified atom stereocenters. The number of aliphatic hydroxyl groups excluding tert-OH is 1. The number of nitrogens with one attached hydrogen (secondary N) is 3. The maximum absolute atomic E-state index is 12.7. The van der Waals surface area contributed by atoms with Crippen LogP contribution >= 0.6 is 0 Å². The molecule has 30 heavy (non-hydrogen) atoms. The molecule has 1 aromatic carbocycles. The lowest BCUT2D eigenvalue weighted by Crippen LogP contribution is -2.68. The van der Waals surface area contributed by atoms with Crippen LogP contribution in [0.25, 0.3) is 0 Å². The van der Waals surface area contributed by atoms with Crippen molar-refractivity contribution in [2.45, 2.75) is 51.0 Å². The van der Waals surface area contributed by atoms with Crippen molar-refractivity contribution in [3.05, 3.63) is 35.4 Å². The number of carbonyl (C=O) groups excluding carboxylic acids is 1. The first kappa shape index (κ1) is 23.0. The minimum absolute atomic E-state index is 0.0913. The Bertz CT molecular complexity index is 741. The Labute approximate surface area is 174 Å². The van der Waals surface area contributed by atoms with Crippen LogP contribution < -0.4 is 16.1 Å². The van der Waals surface area contributed by atoms with Crippen molar-refractivity contribution in [1.82, 2.24) is 26.0 Å². The molecule has 5 atom stereocenters. The molecule has 1 amide bonds. The molecule has 0 radical (unpaired) electrons. The molecule has 2 aliphatic heterocycles. The van der Waals surface area contributed by atoms with E-state index in [1.165, 1.54) is 12.1 Å². The second-order valence-electron chi connectivity index (χ2n) is 8.56. The molecule has 10 heteroatoms. The van der Waals surface area contributed by atoms with E-state index in [2.05, 4.69) is 16.1 Å². The number of amides is 1. The summed E-state index contributed by atoms with van der Waals surface area (Å²) < 4.78 is 38.1. The van der Waals surface area contributed by atoms with E-state index >= 15 is 0 Å². The Morgan fingerprint density at radius 1 is 1.20 bits per heavy atom. The Morgan fingerprint density at radius 2 is 1.83 bits per heavy atom. The van der Waals surface area contributed by atoms with Crippen LogP contribution in [0.5, 0.6) is 0 Å². The number of hydrogen-bond acceptors (Lipinski definition) is 6. The Hall–Kier alpha value is -1.72. The van der Waals surface area contributed by atoms with Crippen LogP contribution in [0.4, 0.5) is 13.2 Å². The van der Waals surface area contributed by atoms with E-state index in [1.807, 2.05) is 37.9 Å². The third kappa shape index (κ3) is 4.78. The predicted molar refractivity (Wildman–Crippen MR) is 106 cm³/mol. The minimum Gasteiger partial charge on any atom is -0.395 e. The highest BCUT2D eigenvalue weighted by molar-refractivity contribution is 5.81. The number of hydrazine groups is 1. The first-order valence-corrected chi connectivity index (χ1v) is 10.1. The molecular formula is C20H30F3N5O2. The van der Waals surface area contributed by atoms with E-state index < -0.39 is 24.6 Å². The van der Waals surface area contributed by atoms with Gasteiger partial charge in [-0.1, -0.05) is 38.1 Å². The first-order chi connectivity index (χ1) is 14.0. The van der Waals surface area contributed by atoms with E-state index in [9.17, 15) is 23.1 Å². The van der Waals surface area contributed by atoms with E-state index in [0.29, 0.717) is 0 Å². The molecule has 2 aliphatic rings. The summed E-state index contributed by atoms with van der Waals surface area (Å²) in [6.07, 6.45) is -5.98. The summed E-state index contributed by atoms with van der Waals surface area (Å²) in [7, 11) is 3.68. The predicted octanol–water partition coefficient (Wildman–Crippen LogP) is 1.18. The SMILES string of the molecule is CC(C)C(c1ccc(CC(F)(F)F)cc1)N1NC(CO)C2C(=O)NC(N(C)C)NC21. The molecule has 2 fully saturated rings. The van der Waals surface area contributed by atoms with E-state index in [-0.39, 0.29) is 42.5 Å². The third-order valence-corrected chi connectivity index (χ3v) is 5.67. The summed E-state index contributed by atoms with van der Waals surface area (Å²) in [6.45, 7) is 3.82. The molecule has 3 rings (SSSR count). The zero-order valence-corrected chi connectivity index (χ0v) is 17.6. The molecule has 0 aliphatic carbocycles. The van der Waals surface area contributed by atoms with Crippen LogP contribution in [0.15, 0.2) is 24.3 Å². The second kappa shape index (κ2) is 8.80. The lowest BCUT2D eigenvalue weighted by atomic mass is 9.91. The van der Waals surface area contributed by atoms with Crippen LogP contribution in [0.3, 0.4) is 0 Å². The fraction of sp³-hybridized carbons (Fsp3) is 0.650. The Morgan fingerprint density at radius 3 is 2.33 bits per heavy atom. The molecule has 4 N–H and O–H groups in total. The van der Waals surface area contributed by atoms with E-state index in [0.717, 1.165) is 5.56 Å². The van der Waals surface area contributed by atoms with E-state index in [4.69, 9.17) is 0 Å². The number of alkyl halides is 3. The lowest BCUT2D eigenvalue weighted by Gasteiger charge is -2.42. The molecular weight excluding hydrogens is 399 g/mol. The van der Waals surface area contributed by atoms with Crippen LogP contribution in [0.1, 0.15) is 31.0 Å². The van der Waals surface area contributed by atoms with Gasteiger partial charge in [0, 0.05) is 0 Å². The van der Waals surface area contributed by atoms with Gasteiger partial charge in [0.2, 0.25) is 5.91 Å². The van der Waals surface area contributed by atoms with Crippen molar-refractivity contribution in [2.75, 3.05) is 20.7 Å². The smallest absolute Gasteiger partial charge is 0.393 e. The second-order valence-corrected chi connectivity index (χ2v) is 8.56. The first-order valence-electron chi connectivity index (χ1n) is 10.1. The highest BCUT2D eigenvalue weighted by atomic mass is 19.4. The molecule has 2 heterocycles. The van der Waals surface area contributed by atoms with Gasteiger partial charge in [-0.25, -0.2) is 10.4 Å². The maximum Gasteiger partial charge on any atom is 0.393 e. The fourth-order valence-electron chi connectivity index (χ4n) is 4.31. The topological polar surface area (TPSA) is 79.9 Å². The molecule has 0 aromatic heterocycles. The third-order valence-electron chi connectivity index (χ3n) is 5.67. The van der Waals surface area contributed by atoms with Crippen molar-refractivity contribution in [2.24, 2.45) is 11.8 Å². The number of carbonyl (C=O) groups is 1. The summed E-state index contributed by atoms with van der Waals surface area (Å²) in [5.74, 6) is -0.569. The number of fused-ring (bicyclic) bond motifs is 1. The van der Waals surface area contributed by atoms with Crippen LogP contribution in [-0.2, 0) is 11.2 Å². The number of rotatable bonds is 6. The van der Waals surface area contributed by atoms with Crippen molar-refractivity contribution >= 4 is 5.91 Å². The number of hydrogen-bond donors (Lipinski definition) is 4.